The Morgan fingerprint density at radius 2 is 1.92 bits per heavy atom. The number of carbonyl (C=O) groups is 1. The number of pyridine rings is 1. The van der Waals surface area contributed by atoms with Crippen LogP contribution in [0.1, 0.15) is 30.9 Å². The first-order valence-electron chi connectivity index (χ1n) is 12.4. The number of anilines is 3. The standard InChI is InChI=1S/C27H32BrN7O/c1-4-25(36)34(3)22-5-6-23-19(13-22)14-24(18-7-10-33(2)11-8-18)32-26(23)35-12-9-21(17-35)31-27-29-15-20(28)16-30-27/h4-6,13-16,18,21H,1,7-12,17H2,2-3H3,(H,29,30,31). The molecule has 2 saturated heterocycles. The minimum Gasteiger partial charge on any atom is -0.354 e. The van der Waals surface area contributed by atoms with Crippen LogP contribution in [0.4, 0.5) is 17.5 Å². The van der Waals surface area contributed by atoms with E-state index in [1.165, 1.54) is 6.08 Å². The highest BCUT2D eigenvalue weighted by molar-refractivity contribution is 9.10. The number of benzene rings is 1. The summed E-state index contributed by atoms with van der Waals surface area (Å²) >= 11 is 3.39. The van der Waals surface area contributed by atoms with E-state index in [9.17, 15) is 4.79 Å². The van der Waals surface area contributed by atoms with Gasteiger partial charge in [0.1, 0.15) is 5.82 Å². The Morgan fingerprint density at radius 3 is 2.64 bits per heavy atom. The van der Waals surface area contributed by atoms with Crippen LogP contribution in [0.3, 0.4) is 0 Å². The molecule has 5 rings (SSSR count). The number of piperidine rings is 1. The Bertz CT molecular complexity index is 1260. The maximum Gasteiger partial charge on any atom is 0.250 e. The summed E-state index contributed by atoms with van der Waals surface area (Å²) in [5.74, 6) is 1.98. The SMILES string of the molecule is C=CC(=O)N(C)c1ccc2c(N3CCC(Nc4ncc(Br)cn4)C3)nc(C3CCN(C)CC3)cc2c1. The fourth-order valence-corrected chi connectivity index (χ4v) is 5.32. The molecule has 2 aliphatic heterocycles. The highest BCUT2D eigenvalue weighted by Crippen LogP contribution is 2.35. The van der Waals surface area contributed by atoms with Gasteiger partial charge in [0, 0.05) is 61.3 Å². The number of hydrogen-bond donors (Lipinski definition) is 1. The van der Waals surface area contributed by atoms with E-state index in [1.807, 2.05) is 6.07 Å². The predicted molar refractivity (Wildman–Crippen MR) is 149 cm³/mol. The third-order valence-electron chi connectivity index (χ3n) is 7.29. The van der Waals surface area contributed by atoms with E-state index in [0.717, 1.165) is 77.9 Å². The van der Waals surface area contributed by atoms with Gasteiger partial charge < -0.3 is 20.0 Å². The maximum atomic E-state index is 12.2. The second kappa shape index (κ2) is 10.5. The number of nitrogens with zero attached hydrogens (tertiary/aromatic N) is 6. The Kier molecular flexibility index (Phi) is 7.20. The van der Waals surface area contributed by atoms with Crippen LogP contribution in [-0.2, 0) is 4.79 Å². The van der Waals surface area contributed by atoms with E-state index < -0.39 is 0 Å². The molecule has 9 heteroatoms. The van der Waals surface area contributed by atoms with E-state index in [2.05, 4.69) is 72.8 Å². The molecule has 188 valence electrons. The van der Waals surface area contributed by atoms with E-state index >= 15 is 0 Å². The summed E-state index contributed by atoms with van der Waals surface area (Å²) < 4.78 is 0.863. The average molecular weight is 551 g/mol. The molecule has 2 fully saturated rings. The summed E-state index contributed by atoms with van der Waals surface area (Å²) in [5, 5.41) is 5.69. The molecule has 1 N–H and O–H groups in total. The van der Waals surface area contributed by atoms with Gasteiger partial charge in [-0.2, -0.15) is 0 Å². The van der Waals surface area contributed by atoms with Crippen molar-refractivity contribution in [3.05, 3.63) is 59.5 Å². The van der Waals surface area contributed by atoms with Crippen LogP contribution < -0.4 is 15.1 Å². The quantitative estimate of drug-likeness (QED) is 0.455. The lowest BCUT2D eigenvalue weighted by atomic mass is 9.92. The van der Waals surface area contributed by atoms with Crippen molar-refractivity contribution in [2.75, 3.05) is 55.4 Å². The molecule has 0 radical (unpaired) electrons. The van der Waals surface area contributed by atoms with Crippen LogP contribution in [0.15, 0.2) is 53.8 Å². The molecular formula is C27H32BrN7O. The lowest BCUT2D eigenvalue weighted by Crippen LogP contribution is -2.30. The number of hydrogen-bond acceptors (Lipinski definition) is 7. The number of nitrogens with one attached hydrogen (secondary N) is 1. The number of rotatable bonds is 6. The molecule has 0 aliphatic carbocycles. The third-order valence-corrected chi connectivity index (χ3v) is 7.69. The Balaban J connectivity index is 1.47. The first-order valence-corrected chi connectivity index (χ1v) is 13.2. The second-order valence-corrected chi connectivity index (χ2v) is 10.7. The predicted octanol–water partition coefficient (Wildman–Crippen LogP) is 4.44. The zero-order chi connectivity index (χ0) is 25.2. The van der Waals surface area contributed by atoms with Gasteiger partial charge in [-0.05, 0) is 91.1 Å². The van der Waals surface area contributed by atoms with Gasteiger partial charge in [0.05, 0.1) is 4.47 Å². The Labute approximate surface area is 220 Å². The van der Waals surface area contributed by atoms with Gasteiger partial charge in [0.25, 0.3) is 0 Å². The van der Waals surface area contributed by atoms with Crippen LogP contribution in [0.25, 0.3) is 10.8 Å². The van der Waals surface area contributed by atoms with Crippen LogP contribution in [0.2, 0.25) is 0 Å². The lowest BCUT2D eigenvalue weighted by Gasteiger charge is -2.30. The summed E-state index contributed by atoms with van der Waals surface area (Å²) in [6, 6.07) is 8.65. The molecule has 2 aromatic heterocycles. The van der Waals surface area contributed by atoms with E-state index in [-0.39, 0.29) is 11.9 Å². The van der Waals surface area contributed by atoms with Gasteiger partial charge in [0.15, 0.2) is 0 Å². The highest BCUT2D eigenvalue weighted by atomic mass is 79.9. The van der Waals surface area contributed by atoms with Crippen molar-refractivity contribution in [1.82, 2.24) is 19.9 Å². The van der Waals surface area contributed by atoms with E-state index in [4.69, 9.17) is 4.98 Å². The zero-order valence-corrected chi connectivity index (χ0v) is 22.4. The smallest absolute Gasteiger partial charge is 0.250 e. The van der Waals surface area contributed by atoms with Crippen LogP contribution >= 0.6 is 15.9 Å². The van der Waals surface area contributed by atoms with Crippen molar-refractivity contribution in [2.24, 2.45) is 0 Å². The monoisotopic (exact) mass is 549 g/mol. The molecule has 1 aromatic carbocycles. The molecule has 4 heterocycles. The van der Waals surface area contributed by atoms with Crippen LogP contribution in [-0.4, -0.2) is 72.1 Å². The zero-order valence-electron chi connectivity index (χ0n) is 20.8. The number of likely N-dealkylation sites (tertiary alicyclic amines) is 1. The number of carbonyl (C=O) groups excluding carboxylic acids is 1. The molecular weight excluding hydrogens is 518 g/mol. The van der Waals surface area contributed by atoms with Gasteiger partial charge in [0.2, 0.25) is 11.9 Å². The second-order valence-electron chi connectivity index (χ2n) is 9.76. The Morgan fingerprint density at radius 1 is 1.17 bits per heavy atom. The van der Waals surface area contributed by atoms with Crippen molar-refractivity contribution in [2.45, 2.75) is 31.2 Å². The maximum absolute atomic E-state index is 12.2. The van der Waals surface area contributed by atoms with Gasteiger partial charge >= 0.3 is 0 Å². The average Bonchev–Trinajstić information content (AvgIpc) is 3.36. The fourth-order valence-electron chi connectivity index (χ4n) is 5.11. The first kappa shape index (κ1) is 24.6. The molecule has 1 atom stereocenters. The molecule has 8 nitrogen and oxygen atoms in total. The molecule has 3 aromatic rings. The summed E-state index contributed by atoms with van der Waals surface area (Å²) in [7, 11) is 3.97. The highest BCUT2D eigenvalue weighted by Gasteiger charge is 2.28. The largest absolute Gasteiger partial charge is 0.354 e. The molecule has 1 unspecified atom stereocenters. The van der Waals surface area contributed by atoms with E-state index in [0.29, 0.717) is 11.9 Å². The Hall–Kier alpha value is -3.04. The van der Waals surface area contributed by atoms with Crippen LogP contribution in [0, 0.1) is 0 Å². The van der Waals surface area contributed by atoms with Crippen molar-refractivity contribution >= 4 is 50.1 Å². The third kappa shape index (κ3) is 5.22. The first-order chi connectivity index (χ1) is 17.4. The molecule has 0 saturated carbocycles. The van der Waals surface area contributed by atoms with Crippen molar-refractivity contribution in [3.63, 3.8) is 0 Å². The number of halogens is 1. The molecule has 2 aliphatic rings. The van der Waals surface area contributed by atoms with Gasteiger partial charge in [-0.3, -0.25) is 4.79 Å². The lowest BCUT2D eigenvalue weighted by molar-refractivity contribution is -0.113. The number of amides is 1. The normalized spacial score (nSPS) is 19.0. The van der Waals surface area contributed by atoms with Crippen molar-refractivity contribution in [1.29, 1.82) is 0 Å². The number of likely N-dealkylation sites (N-methyl/N-ethyl adjacent to an activating group) is 1. The van der Waals surface area contributed by atoms with Gasteiger partial charge in [-0.1, -0.05) is 6.58 Å². The summed E-state index contributed by atoms with van der Waals surface area (Å²) in [5.41, 5.74) is 2.00. The van der Waals surface area contributed by atoms with Crippen molar-refractivity contribution in [3.8, 4) is 0 Å². The van der Waals surface area contributed by atoms with Gasteiger partial charge in [-0.25, -0.2) is 15.0 Å². The minimum atomic E-state index is -0.122. The number of aromatic nitrogens is 3. The molecule has 36 heavy (non-hydrogen) atoms. The number of fused-ring (bicyclic) bond motifs is 1. The summed E-state index contributed by atoms with van der Waals surface area (Å²) in [6.45, 7) is 7.53. The topological polar surface area (TPSA) is 77.5 Å². The molecule has 0 bridgehead atoms. The fraction of sp³-hybridized carbons (Fsp3) is 0.407. The molecule has 1 amide bonds. The summed E-state index contributed by atoms with van der Waals surface area (Å²) in [4.78, 5) is 32.6. The minimum absolute atomic E-state index is 0.122. The van der Waals surface area contributed by atoms with Crippen LogP contribution in [0.5, 0.6) is 0 Å². The van der Waals surface area contributed by atoms with E-state index in [1.54, 1.807) is 24.3 Å². The van der Waals surface area contributed by atoms with Crippen molar-refractivity contribution < 1.29 is 4.79 Å². The van der Waals surface area contributed by atoms with Gasteiger partial charge in [-0.15, -0.1) is 0 Å². The molecule has 0 spiro atoms. The summed E-state index contributed by atoms with van der Waals surface area (Å²) in [6.07, 6.45) is 8.05.